The van der Waals surface area contributed by atoms with Gasteiger partial charge in [-0.25, -0.2) is 13.6 Å². The molecule has 0 aliphatic carbocycles. The number of nitrogens with two attached hydrogens (primary N) is 1. The van der Waals surface area contributed by atoms with Gasteiger partial charge in [-0.1, -0.05) is 62.4 Å². The molecule has 0 radical (unpaired) electrons. The Morgan fingerprint density at radius 1 is 0.881 bits per heavy atom. The Labute approximate surface area is 249 Å². The molecule has 5 N–H and O–H groups in total. The standard InChI is InChI=1S/C32H42N4O5S/c1-3-19-36(20-4-2)32(39)27-12-8-11-26(22-27)31(38)35-29(21-25-9-6-5-7-10-25)30(37)23-34-18-17-24-13-15-28(16-14-24)42(33,40)41/h5-16,22,29-30,34,37H,3-4,17-21,23H2,1-2H3,(H,35,38)(H2,33,40,41)/t29-,30?/m0/s1. The molecule has 3 aromatic carbocycles. The molecule has 226 valence electrons. The third kappa shape index (κ3) is 10.1. The molecule has 2 atom stereocenters. The van der Waals surface area contributed by atoms with Crippen LogP contribution in [0.2, 0.25) is 0 Å². The van der Waals surface area contributed by atoms with Crippen molar-refractivity contribution < 1.29 is 23.1 Å². The van der Waals surface area contributed by atoms with Crippen molar-refractivity contribution in [3.63, 3.8) is 0 Å². The molecular weight excluding hydrogens is 552 g/mol. The first kappa shape index (κ1) is 32.9. The van der Waals surface area contributed by atoms with Crippen molar-refractivity contribution in [3.8, 4) is 0 Å². The number of primary sulfonamides is 1. The molecule has 0 heterocycles. The van der Waals surface area contributed by atoms with Crippen LogP contribution in [0.3, 0.4) is 0 Å². The Bertz CT molecular complexity index is 1390. The lowest BCUT2D eigenvalue weighted by Gasteiger charge is -2.25. The van der Waals surface area contributed by atoms with E-state index in [1.165, 1.54) is 12.1 Å². The highest BCUT2D eigenvalue weighted by Crippen LogP contribution is 2.13. The Kier molecular flexibility index (Phi) is 12.7. The molecule has 1 unspecified atom stereocenters. The average Bonchev–Trinajstić information content (AvgIpc) is 2.98. The van der Waals surface area contributed by atoms with Crippen molar-refractivity contribution in [2.24, 2.45) is 5.14 Å². The molecule has 9 nitrogen and oxygen atoms in total. The molecule has 3 rings (SSSR count). The number of rotatable bonds is 16. The Morgan fingerprint density at radius 2 is 1.52 bits per heavy atom. The highest BCUT2D eigenvalue weighted by Gasteiger charge is 2.23. The number of carbonyl (C=O) groups excluding carboxylic acids is 2. The maximum atomic E-state index is 13.3. The van der Waals surface area contributed by atoms with Gasteiger partial charge < -0.3 is 20.6 Å². The largest absolute Gasteiger partial charge is 0.390 e. The Morgan fingerprint density at radius 3 is 2.14 bits per heavy atom. The maximum absolute atomic E-state index is 13.3. The van der Waals surface area contributed by atoms with Crippen LogP contribution in [-0.2, 0) is 22.9 Å². The Hall–Kier alpha value is -3.57. The fraction of sp³-hybridized carbons (Fsp3) is 0.375. The van der Waals surface area contributed by atoms with Crippen LogP contribution in [0.25, 0.3) is 0 Å². The van der Waals surface area contributed by atoms with Gasteiger partial charge in [0.25, 0.3) is 11.8 Å². The summed E-state index contributed by atoms with van der Waals surface area (Å²) in [5.41, 5.74) is 2.71. The lowest BCUT2D eigenvalue weighted by atomic mass is 10.00. The van der Waals surface area contributed by atoms with E-state index >= 15 is 0 Å². The highest BCUT2D eigenvalue weighted by molar-refractivity contribution is 7.89. The van der Waals surface area contributed by atoms with Crippen LogP contribution in [0.4, 0.5) is 0 Å². The summed E-state index contributed by atoms with van der Waals surface area (Å²) in [7, 11) is -3.74. The third-order valence-corrected chi connectivity index (χ3v) is 7.85. The van der Waals surface area contributed by atoms with Gasteiger partial charge in [-0.15, -0.1) is 0 Å². The zero-order valence-corrected chi connectivity index (χ0v) is 25.1. The number of carbonyl (C=O) groups is 2. The number of nitrogens with one attached hydrogen (secondary N) is 2. The quantitative estimate of drug-likeness (QED) is 0.188. The van der Waals surface area contributed by atoms with Crippen molar-refractivity contribution >= 4 is 21.8 Å². The first-order valence-corrected chi connectivity index (χ1v) is 15.9. The first-order chi connectivity index (χ1) is 20.1. The monoisotopic (exact) mass is 594 g/mol. The van der Waals surface area contributed by atoms with E-state index in [-0.39, 0.29) is 23.3 Å². The molecule has 0 fully saturated rings. The van der Waals surface area contributed by atoms with Gasteiger partial charge in [0.15, 0.2) is 0 Å². The van der Waals surface area contributed by atoms with Gasteiger partial charge in [0.2, 0.25) is 10.0 Å². The number of nitrogens with zero attached hydrogens (tertiary/aromatic N) is 1. The zero-order chi connectivity index (χ0) is 30.5. The fourth-order valence-electron chi connectivity index (χ4n) is 4.70. The van der Waals surface area contributed by atoms with Crippen LogP contribution in [-0.4, -0.2) is 68.6 Å². The Balaban J connectivity index is 1.65. The van der Waals surface area contributed by atoms with Crippen LogP contribution < -0.4 is 15.8 Å². The van der Waals surface area contributed by atoms with Crippen molar-refractivity contribution in [3.05, 3.63) is 101 Å². The molecule has 0 spiro atoms. The second-order valence-electron chi connectivity index (χ2n) is 10.4. The van der Waals surface area contributed by atoms with Crippen molar-refractivity contribution in [1.82, 2.24) is 15.5 Å². The molecule has 3 aromatic rings. The molecule has 0 aliphatic heterocycles. The first-order valence-electron chi connectivity index (χ1n) is 14.4. The van der Waals surface area contributed by atoms with Gasteiger partial charge in [-0.2, -0.15) is 0 Å². The van der Waals surface area contributed by atoms with Crippen LogP contribution in [0.1, 0.15) is 58.5 Å². The normalized spacial score (nSPS) is 12.9. The lowest BCUT2D eigenvalue weighted by molar-refractivity contribution is 0.0755. The summed E-state index contributed by atoms with van der Waals surface area (Å²) in [5, 5.41) is 22.5. The highest BCUT2D eigenvalue weighted by atomic mass is 32.2. The number of benzene rings is 3. The second kappa shape index (κ2) is 16.2. The number of sulfonamides is 1. The summed E-state index contributed by atoms with van der Waals surface area (Å²) >= 11 is 0. The van der Waals surface area contributed by atoms with Gasteiger partial charge >= 0.3 is 0 Å². The van der Waals surface area contributed by atoms with Crippen LogP contribution in [0.15, 0.2) is 83.8 Å². The van der Waals surface area contributed by atoms with Crippen LogP contribution in [0, 0.1) is 0 Å². The number of aliphatic hydroxyl groups is 1. The third-order valence-electron chi connectivity index (χ3n) is 6.92. The lowest BCUT2D eigenvalue weighted by Crippen LogP contribution is -2.49. The molecule has 0 saturated heterocycles. The van der Waals surface area contributed by atoms with Crippen LogP contribution >= 0.6 is 0 Å². The number of hydrogen-bond acceptors (Lipinski definition) is 6. The van der Waals surface area contributed by atoms with Gasteiger partial charge in [0.05, 0.1) is 17.0 Å². The summed E-state index contributed by atoms with van der Waals surface area (Å²) in [6, 6.07) is 22.1. The molecule has 2 amide bonds. The summed E-state index contributed by atoms with van der Waals surface area (Å²) in [6.07, 6.45) is 1.84. The van der Waals surface area contributed by atoms with Gasteiger partial charge in [-0.05, 0) is 73.7 Å². The second-order valence-corrected chi connectivity index (χ2v) is 11.9. The average molecular weight is 595 g/mol. The van der Waals surface area contributed by atoms with Crippen molar-refractivity contribution in [2.75, 3.05) is 26.2 Å². The molecule has 0 aromatic heterocycles. The van der Waals surface area contributed by atoms with Crippen molar-refractivity contribution in [2.45, 2.75) is 56.6 Å². The molecule has 10 heteroatoms. The number of hydrogen-bond donors (Lipinski definition) is 4. The molecule has 0 saturated carbocycles. The van der Waals surface area contributed by atoms with Gasteiger partial charge in [-0.3, -0.25) is 9.59 Å². The van der Waals surface area contributed by atoms with E-state index < -0.39 is 22.2 Å². The minimum absolute atomic E-state index is 0.0586. The maximum Gasteiger partial charge on any atom is 0.253 e. The predicted octanol–water partition coefficient (Wildman–Crippen LogP) is 3.13. The summed E-state index contributed by atoms with van der Waals surface area (Å²) in [6.45, 7) is 6.13. The van der Waals surface area contributed by atoms with Gasteiger partial charge in [0, 0.05) is 30.8 Å². The minimum Gasteiger partial charge on any atom is -0.390 e. The SMILES string of the molecule is CCCN(CCC)C(=O)c1cccc(C(=O)N[C@@H](Cc2ccccc2)C(O)CNCCc2ccc(S(N)(=O)=O)cc2)c1. The zero-order valence-electron chi connectivity index (χ0n) is 24.3. The fourth-order valence-corrected chi connectivity index (χ4v) is 5.22. The van der Waals surface area contributed by atoms with E-state index in [1.54, 1.807) is 41.3 Å². The van der Waals surface area contributed by atoms with E-state index in [1.807, 2.05) is 44.2 Å². The number of aliphatic hydroxyl groups excluding tert-OH is 1. The summed E-state index contributed by atoms with van der Waals surface area (Å²) in [5.74, 6) is -0.463. The number of amides is 2. The molecule has 0 aliphatic rings. The van der Waals surface area contributed by atoms with E-state index in [2.05, 4.69) is 10.6 Å². The van der Waals surface area contributed by atoms with E-state index in [9.17, 15) is 23.1 Å². The summed E-state index contributed by atoms with van der Waals surface area (Å²) < 4.78 is 22.9. The van der Waals surface area contributed by atoms with Crippen molar-refractivity contribution in [1.29, 1.82) is 0 Å². The smallest absolute Gasteiger partial charge is 0.253 e. The predicted molar refractivity (Wildman–Crippen MR) is 165 cm³/mol. The molecular formula is C32H42N4O5S. The van der Waals surface area contributed by atoms with Crippen LogP contribution in [0.5, 0.6) is 0 Å². The molecule has 0 bridgehead atoms. The minimum atomic E-state index is -3.74. The van der Waals surface area contributed by atoms with E-state index in [4.69, 9.17) is 5.14 Å². The molecule has 42 heavy (non-hydrogen) atoms. The summed E-state index contributed by atoms with van der Waals surface area (Å²) in [4.78, 5) is 28.3. The van der Waals surface area contributed by atoms with E-state index in [0.717, 1.165) is 24.0 Å². The van der Waals surface area contributed by atoms with Gasteiger partial charge in [0.1, 0.15) is 0 Å². The van der Waals surface area contributed by atoms with E-state index in [0.29, 0.717) is 43.6 Å². The topological polar surface area (TPSA) is 142 Å².